The highest BCUT2D eigenvalue weighted by Crippen LogP contribution is 2.41. The fourth-order valence-corrected chi connectivity index (χ4v) is 3.98. The molecule has 0 atom stereocenters. The number of halogens is 5. The number of aryl methyl sites for hydroxylation is 1. The Morgan fingerprint density at radius 1 is 1.10 bits per heavy atom. The van der Waals surface area contributed by atoms with Crippen molar-refractivity contribution >= 4 is 28.9 Å². The SMILES string of the molecule is CSN1CCN(c2ncc3c(-c4cc(C(F)(F)F)c(F)c(O)c4F)nn(C)c3n2)CC1. The Morgan fingerprint density at radius 2 is 1.77 bits per heavy atom. The van der Waals surface area contributed by atoms with Gasteiger partial charge in [-0.05, 0) is 12.3 Å². The van der Waals surface area contributed by atoms with Crippen molar-refractivity contribution in [3.05, 3.63) is 29.5 Å². The molecule has 4 rings (SSSR count). The molecule has 0 aliphatic carbocycles. The second-order valence-corrected chi connectivity index (χ2v) is 7.81. The van der Waals surface area contributed by atoms with E-state index in [1.54, 1.807) is 11.9 Å². The van der Waals surface area contributed by atoms with Crippen molar-refractivity contribution < 1.29 is 27.1 Å². The molecule has 0 amide bonds. The van der Waals surface area contributed by atoms with Gasteiger partial charge in [-0.15, -0.1) is 0 Å². The van der Waals surface area contributed by atoms with E-state index < -0.39 is 34.7 Å². The predicted molar refractivity (Wildman–Crippen MR) is 106 cm³/mol. The molecule has 166 valence electrons. The summed E-state index contributed by atoms with van der Waals surface area (Å²) >= 11 is 1.64. The smallest absolute Gasteiger partial charge is 0.419 e. The van der Waals surface area contributed by atoms with Crippen molar-refractivity contribution in [3.63, 3.8) is 0 Å². The Hall–Kier alpha value is -2.67. The van der Waals surface area contributed by atoms with Crippen molar-refractivity contribution in [2.24, 2.45) is 7.05 Å². The van der Waals surface area contributed by atoms with Crippen molar-refractivity contribution in [2.45, 2.75) is 6.18 Å². The zero-order valence-electron chi connectivity index (χ0n) is 16.4. The highest BCUT2D eigenvalue weighted by molar-refractivity contribution is 7.96. The zero-order chi connectivity index (χ0) is 22.5. The average molecular weight is 460 g/mol. The highest BCUT2D eigenvalue weighted by Gasteiger charge is 2.38. The van der Waals surface area contributed by atoms with Gasteiger partial charge >= 0.3 is 6.18 Å². The Bertz CT molecular complexity index is 1140. The second-order valence-electron chi connectivity index (χ2n) is 6.92. The number of fused-ring (bicyclic) bond motifs is 1. The lowest BCUT2D eigenvalue weighted by Crippen LogP contribution is -2.44. The molecule has 1 N–H and O–H groups in total. The van der Waals surface area contributed by atoms with Gasteiger partial charge in [-0.2, -0.15) is 23.3 Å². The molecule has 0 unspecified atom stereocenters. The van der Waals surface area contributed by atoms with Crippen LogP contribution >= 0.6 is 11.9 Å². The number of hydrogen-bond acceptors (Lipinski definition) is 7. The van der Waals surface area contributed by atoms with Crippen LogP contribution in [0, 0.1) is 11.6 Å². The Morgan fingerprint density at radius 3 is 2.39 bits per heavy atom. The molecule has 1 aliphatic heterocycles. The summed E-state index contributed by atoms with van der Waals surface area (Å²) in [5, 5.41) is 13.8. The van der Waals surface area contributed by atoms with Gasteiger partial charge in [0.2, 0.25) is 5.95 Å². The Kier molecular flexibility index (Phi) is 5.41. The van der Waals surface area contributed by atoms with Crippen LogP contribution in [0.1, 0.15) is 5.56 Å². The maximum absolute atomic E-state index is 14.5. The monoisotopic (exact) mass is 460 g/mol. The zero-order valence-corrected chi connectivity index (χ0v) is 17.2. The lowest BCUT2D eigenvalue weighted by molar-refractivity contribution is -0.140. The third-order valence-electron chi connectivity index (χ3n) is 5.09. The molecule has 0 saturated carbocycles. The number of benzene rings is 1. The second kappa shape index (κ2) is 7.79. The van der Waals surface area contributed by atoms with Gasteiger partial charge in [0.1, 0.15) is 5.69 Å². The van der Waals surface area contributed by atoms with Crippen LogP contribution in [0.3, 0.4) is 0 Å². The number of alkyl halides is 3. The molecule has 2 aromatic heterocycles. The topological polar surface area (TPSA) is 70.3 Å². The van der Waals surface area contributed by atoms with Gasteiger partial charge in [-0.1, -0.05) is 11.9 Å². The molecule has 3 heterocycles. The lowest BCUT2D eigenvalue weighted by atomic mass is 10.0. The molecule has 1 saturated heterocycles. The van der Waals surface area contributed by atoms with E-state index in [1.165, 1.54) is 17.9 Å². The first-order chi connectivity index (χ1) is 14.6. The maximum atomic E-state index is 14.5. The summed E-state index contributed by atoms with van der Waals surface area (Å²) in [5.41, 5.74) is -2.44. The fraction of sp³-hybridized carbons (Fsp3) is 0.389. The maximum Gasteiger partial charge on any atom is 0.419 e. The third kappa shape index (κ3) is 3.76. The quantitative estimate of drug-likeness (QED) is 0.474. The van der Waals surface area contributed by atoms with Crippen LogP contribution in [0.25, 0.3) is 22.3 Å². The molecular formula is C18H17F5N6OS. The summed E-state index contributed by atoms with van der Waals surface area (Å²) in [7, 11) is 1.50. The minimum atomic E-state index is -5.13. The number of aromatic nitrogens is 4. The standard InChI is InChI=1S/C18H17F5N6OS/c1-27-16-10(8-24-17(25-16)28-3-5-29(31-2)6-4-28)14(26-27)9-7-11(18(21,22)23)13(20)15(30)12(9)19/h7-8,30H,3-6H2,1-2H3. The average Bonchev–Trinajstić information content (AvgIpc) is 3.07. The number of piperazine rings is 1. The van der Waals surface area contributed by atoms with E-state index in [1.807, 2.05) is 11.2 Å². The summed E-state index contributed by atoms with van der Waals surface area (Å²) in [6.07, 6.45) is -1.79. The summed E-state index contributed by atoms with van der Waals surface area (Å²) in [4.78, 5) is 10.7. The third-order valence-corrected chi connectivity index (χ3v) is 5.97. The van der Waals surface area contributed by atoms with E-state index in [4.69, 9.17) is 0 Å². The fourth-order valence-electron chi connectivity index (χ4n) is 3.45. The van der Waals surface area contributed by atoms with Crippen LogP contribution in [-0.2, 0) is 13.2 Å². The van der Waals surface area contributed by atoms with E-state index in [9.17, 15) is 27.1 Å². The summed E-state index contributed by atoms with van der Waals surface area (Å²) < 4.78 is 71.3. The normalized spacial score (nSPS) is 15.8. The minimum absolute atomic E-state index is 0.173. The minimum Gasteiger partial charge on any atom is -0.503 e. The number of nitrogens with zero attached hydrogens (tertiary/aromatic N) is 6. The summed E-state index contributed by atoms with van der Waals surface area (Å²) in [5.74, 6) is -4.91. The first-order valence-corrected chi connectivity index (χ1v) is 10.3. The number of rotatable bonds is 3. The summed E-state index contributed by atoms with van der Waals surface area (Å²) in [6.45, 7) is 2.98. The molecule has 1 aromatic carbocycles. The first kappa shape index (κ1) is 21.6. The van der Waals surface area contributed by atoms with E-state index in [2.05, 4.69) is 19.4 Å². The molecular weight excluding hydrogens is 443 g/mol. The van der Waals surface area contributed by atoms with E-state index in [0.717, 1.165) is 13.1 Å². The molecule has 0 spiro atoms. The predicted octanol–water partition coefficient (Wildman–Crippen LogP) is 3.43. The lowest BCUT2D eigenvalue weighted by Gasteiger charge is -2.33. The van der Waals surface area contributed by atoms with E-state index in [0.29, 0.717) is 25.1 Å². The van der Waals surface area contributed by atoms with Gasteiger partial charge in [-0.3, -0.25) is 0 Å². The molecule has 3 aromatic rings. The van der Waals surface area contributed by atoms with Crippen LogP contribution in [0.4, 0.5) is 27.9 Å². The van der Waals surface area contributed by atoms with E-state index in [-0.39, 0.29) is 16.7 Å². The number of hydrogen-bond donors (Lipinski definition) is 1. The number of phenols is 1. The highest BCUT2D eigenvalue weighted by atomic mass is 32.2. The summed E-state index contributed by atoms with van der Waals surface area (Å²) in [6, 6.07) is 0.293. The Balaban J connectivity index is 1.79. The number of aromatic hydroxyl groups is 1. The Labute approximate surface area is 177 Å². The molecule has 7 nitrogen and oxygen atoms in total. The van der Waals surface area contributed by atoms with Gasteiger partial charge in [0.15, 0.2) is 23.0 Å². The van der Waals surface area contributed by atoms with Gasteiger partial charge in [0, 0.05) is 45.0 Å². The van der Waals surface area contributed by atoms with Crippen LogP contribution < -0.4 is 4.90 Å². The van der Waals surface area contributed by atoms with Crippen LogP contribution in [0.5, 0.6) is 5.75 Å². The van der Waals surface area contributed by atoms with Gasteiger partial charge in [0.25, 0.3) is 0 Å². The molecule has 13 heteroatoms. The largest absolute Gasteiger partial charge is 0.503 e. The molecule has 1 fully saturated rings. The first-order valence-electron chi connectivity index (χ1n) is 9.14. The number of phenolic OH excluding ortho intramolecular Hbond substituents is 1. The molecule has 31 heavy (non-hydrogen) atoms. The number of anilines is 1. The van der Waals surface area contributed by atoms with Crippen molar-refractivity contribution in [3.8, 4) is 17.0 Å². The van der Waals surface area contributed by atoms with Gasteiger partial charge in [0.05, 0.1) is 10.9 Å². The van der Waals surface area contributed by atoms with E-state index >= 15 is 0 Å². The van der Waals surface area contributed by atoms with Crippen molar-refractivity contribution in [1.82, 2.24) is 24.1 Å². The van der Waals surface area contributed by atoms with Crippen molar-refractivity contribution in [2.75, 3.05) is 37.3 Å². The van der Waals surface area contributed by atoms with Crippen molar-refractivity contribution in [1.29, 1.82) is 0 Å². The molecule has 0 bridgehead atoms. The van der Waals surface area contributed by atoms with Crippen LogP contribution in [0.2, 0.25) is 0 Å². The van der Waals surface area contributed by atoms with Crippen LogP contribution in [0.15, 0.2) is 12.3 Å². The molecule has 0 radical (unpaired) electrons. The van der Waals surface area contributed by atoms with Gasteiger partial charge in [-0.25, -0.2) is 22.8 Å². The molecule has 1 aliphatic rings. The van der Waals surface area contributed by atoms with Crippen LogP contribution in [-0.4, -0.2) is 61.6 Å². The van der Waals surface area contributed by atoms with Gasteiger partial charge < -0.3 is 10.0 Å².